The van der Waals surface area contributed by atoms with Crippen molar-refractivity contribution in [1.29, 1.82) is 0 Å². The number of benzene rings is 2. The normalized spacial score (nSPS) is 11.5. The molecule has 0 saturated carbocycles. The molecule has 10 heteroatoms. The maximum atomic E-state index is 12.8. The van der Waals surface area contributed by atoms with Crippen LogP contribution in [0.1, 0.15) is 43.4 Å². The van der Waals surface area contributed by atoms with E-state index in [9.17, 15) is 19.5 Å². The topological polar surface area (TPSA) is 121 Å². The summed E-state index contributed by atoms with van der Waals surface area (Å²) in [5.41, 5.74) is 4.53. The van der Waals surface area contributed by atoms with Gasteiger partial charge in [-0.1, -0.05) is 30.8 Å². The number of ether oxygens (including phenoxy) is 1. The van der Waals surface area contributed by atoms with Crippen LogP contribution in [0.25, 0.3) is 21.2 Å². The lowest BCUT2D eigenvalue weighted by atomic mass is 9.97. The molecule has 0 fully saturated rings. The molecule has 2 aromatic heterocycles. The standard InChI is InChI=1S/C33H36N4O5S/c1-21(2)37(29-18-22(3)13-15-34-29)16-5-6-30(39)35-20-31(40)36-27(19-32(41)42-4)24-9-7-23(8-10-24)25-11-12-28(38)33-26(25)14-17-43-33/h7-15,17-18,27,38H,1,5-6,16,19-20H2,2-4H3,(H,35,39)(H,36,40). The summed E-state index contributed by atoms with van der Waals surface area (Å²) in [6.45, 7) is 8.24. The van der Waals surface area contributed by atoms with E-state index in [1.807, 2.05) is 72.7 Å². The summed E-state index contributed by atoms with van der Waals surface area (Å²) in [4.78, 5) is 43.8. The van der Waals surface area contributed by atoms with E-state index in [4.69, 9.17) is 4.74 Å². The monoisotopic (exact) mass is 600 g/mol. The number of hydrogen-bond acceptors (Lipinski definition) is 8. The molecule has 0 spiro atoms. The van der Waals surface area contributed by atoms with Gasteiger partial charge in [0, 0.05) is 30.2 Å². The second-order valence-corrected chi connectivity index (χ2v) is 11.2. The smallest absolute Gasteiger partial charge is 0.307 e. The summed E-state index contributed by atoms with van der Waals surface area (Å²) in [6, 6.07) is 16.3. The zero-order valence-electron chi connectivity index (χ0n) is 24.6. The van der Waals surface area contributed by atoms with Crippen LogP contribution < -0.4 is 15.5 Å². The number of aromatic nitrogens is 1. The van der Waals surface area contributed by atoms with Gasteiger partial charge >= 0.3 is 5.97 Å². The number of aromatic hydroxyl groups is 1. The van der Waals surface area contributed by atoms with Crippen LogP contribution in [0.15, 0.2) is 78.5 Å². The zero-order chi connectivity index (χ0) is 30.9. The van der Waals surface area contributed by atoms with Crippen molar-refractivity contribution in [3.63, 3.8) is 0 Å². The Morgan fingerprint density at radius 1 is 1.09 bits per heavy atom. The number of esters is 1. The van der Waals surface area contributed by atoms with Crippen LogP contribution in [0.3, 0.4) is 0 Å². The number of aryl methyl sites for hydroxylation is 1. The molecular formula is C33H36N4O5S. The highest BCUT2D eigenvalue weighted by Crippen LogP contribution is 2.37. The zero-order valence-corrected chi connectivity index (χ0v) is 25.4. The summed E-state index contributed by atoms with van der Waals surface area (Å²) in [7, 11) is 1.30. The van der Waals surface area contributed by atoms with Gasteiger partial charge in [0.25, 0.3) is 0 Å². The first-order valence-corrected chi connectivity index (χ1v) is 14.8. The number of nitrogens with one attached hydrogen (secondary N) is 2. The van der Waals surface area contributed by atoms with Gasteiger partial charge in [-0.05, 0) is 78.2 Å². The number of phenols is 1. The van der Waals surface area contributed by atoms with Crippen molar-refractivity contribution in [2.45, 2.75) is 39.2 Å². The number of carbonyl (C=O) groups excluding carboxylic acids is 3. The molecule has 9 nitrogen and oxygen atoms in total. The van der Waals surface area contributed by atoms with Crippen molar-refractivity contribution in [3.05, 3.63) is 89.6 Å². The van der Waals surface area contributed by atoms with Crippen LogP contribution in [0.5, 0.6) is 5.75 Å². The highest BCUT2D eigenvalue weighted by molar-refractivity contribution is 7.17. The SMILES string of the molecule is C=C(C)N(CCCC(=O)NCC(=O)NC(CC(=O)OC)c1ccc(-c2ccc(O)c3sccc23)cc1)c1cc(C)ccn1. The van der Waals surface area contributed by atoms with Crippen LogP contribution in [0.2, 0.25) is 0 Å². The molecule has 1 atom stereocenters. The predicted octanol–water partition coefficient (Wildman–Crippen LogP) is 5.63. The van der Waals surface area contributed by atoms with E-state index in [-0.39, 0.29) is 31.0 Å². The molecule has 224 valence electrons. The number of carbonyl (C=O) groups is 3. The molecule has 0 saturated heterocycles. The Bertz CT molecular complexity index is 1620. The minimum Gasteiger partial charge on any atom is -0.506 e. The Morgan fingerprint density at radius 2 is 1.86 bits per heavy atom. The lowest BCUT2D eigenvalue weighted by Gasteiger charge is -2.24. The average molecular weight is 601 g/mol. The molecule has 0 aliphatic rings. The maximum absolute atomic E-state index is 12.8. The highest BCUT2D eigenvalue weighted by atomic mass is 32.1. The van der Waals surface area contributed by atoms with Crippen molar-refractivity contribution in [2.24, 2.45) is 0 Å². The second-order valence-electron chi connectivity index (χ2n) is 10.3. The van der Waals surface area contributed by atoms with Crippen molar-refractivity contribution in [2.75, 3.05) is 25.1 Å². The first kappa shape index (κ1) is 31.2. The second kappa shape index (κ2) is 14.5. The number of phenolic OH excluding ortho intramolecular Hbond substituents is 1. The summed E-state index contributed by atoms with van der Waals surface area (Å²) in [5, 5.41) is 18.5. The van der Waals surface area contributed by atoms with Crippen LogP contribution in [-0.2, 0) is 19.1 Å². The number of anilines is 1. The number of nitrogens with zero attached hydrogens (tertiary/aromatic N) is 2. The Kier molecular flexibility index (Phi) is 10.5. The van der Waals surface area contributed by atoms with E-state index >= 15 is 0 Å². The summed E-state index contributed by atoms with van der Waals surface area (Å²) in [5.74, 6) is -0.123. The number of fused-ring (bicyclic) bond motifs is 1. The summed E-state index contributed by atoms with van der Waals surface area (Å²) < 4.78 is 5.66. The molecule has 43 heavy (non-hydrogen) atoms. The van der Waals surface area contributed by atoms with E-state index in [0.717, 1.165) is 43.9 Å². The van der Waals surface area contributed by atoms with Crippen LogP contribution in [0, 0.1) is 6.92 Å². The van der Waals surface area contributed by atoms with E-state index in [1.54, 1.807) is 12.3 Å². The number of rotatable bonds is 13. The first-order chi connectivity index (χ1) is 20.7. The van der Waals surface area contributed by atoms with Gasteiger partial charge in [0.15, 0.2) is 0 Å². The number of methoxy groups -OCH3 is 1. The number of hydrogen-bond donors (Lipinski definition) is 3. The molecule has 2 heterocycles. The van der Waals surface area contributed by atoms with Gasteiger partial charge in [0.2, 0.25) is 11.8 Å². The van der Waals surface area contributed by atoms with Gasteiger partial charge in [0.1, 0.15) is 11.6 Å². The van der Waals surface area contributed by atoms with E-state index in [1.165, 1.54) is 18.4 Å². The number of amides is 2. The van der Waals surface area contributed by atoms with Crippen LogP contribution >= 0.6 is 11.3 Å². The molecule has 2 amide bonds. The Balaban J connectivity index is 1.33. The lowest BCUT2D eigenvalue weighted by Crippen LogP contribution is -2.39. The summed E-state index contributed by atoms with van der Waals surface area (Å²) in [6.07, 6.45) is 2.45. The minimum absolute atomic E-state index is 0.0622. The third-order valence-electron chi connectivity index (χ3n) is 7.02. The molecule has 2 aromatic carbocycles. The van der Waals surface area contributed by atoms with Crippen LogP contribution in [0.4, 0.5) is 5.82 Å². The first-order valence-electron chi connectivity index (χ1n) is 13.9. The quantitative estimate of drug-likeness (QED) is 0.170. The fraction of sp³-hybridized carbons (Fsp3) is 0.273. The van der Waals surface area contributed by atoms with Gasteiger partial charge in [-0.2, -0.15) is 0 Å². The van der Waals surface area contributed by atoms with Gasteiger partial charge in [0.05, 0.1) is 30.8 Å². The van der Waals surface area contributed by atoms with Gasteiger partial charge < -0.3 is 25.4 Å². The Labute approximate surface area is 255 Å². The van der Waals surface area contributed by atoms with Gasteiger partial charge in [-0.3, -0.25) is 14.4 Å². The molecule has 0 aliphatic carbocycles. The molecule has 0 bridgehead atoms. The number of pyridine rings is 1. The average Bonchev–Trinajstić information content (AvgIpc) is 3.49. The molecule has 4 rings (SSSR count). The maximum Gasteiger partial charge on any atom is 0.307 e. The fourth-order valence-electron chi connectivity index (χ4n) is 4.78. The van der Waals surface area contributed by atoms with Crippen LogP contribution in [-0.4, -0.2) is 48.1 Å². The molecule has 3 N–H and O–H groups in total. The molecular weight excluding hydrogens is 564 g/mol. The predicted molar refractivity (Wildman–Crippen MR) is 170 cm³/mol. The van der Waals surface area contributed by atoms with Gasteiger partial charge in [-0.25, -0.2) is 4.98 Å². The molecule has 1 unspecified atom stereocenters. The Hall–Kier alpha value is -4.70. The highest BCUT2D eigenvalue weighted by Gasteiger charge is 2.20. The largest absolute Gasteiger partial charge is 0.506 e. The number of allylic oxidation sites excluding steroid dienone is 1. The molecule has 0 aliphatic heterocycles. The third kappa shape index (κ3) is 8.20. The minimum atomic E-state index is -0.641. The van der Waals surface area contributed by atoms with E-state index in [0.29, 0.717) is 13.0 Å². The van der Waals surface area contributed by atoms with E-state index in [2.05, 4.69) is 22.2 Å². The van der Waals surface area contributed by atoms with Crippen molar-refractivity contribution in [3.8, 4) is 16.9 Å². The Morgan fingerprint density at radius 3 is 2.56 bits per heavy atom. The molecule has 4 aromatic rings. The van der Waals surface area contributed by atoms with Gasteiger partial charge in [-0.15, -0.1) is 11.3 Å². The summed E-state index contributed by atoms with van der Waals surface area (Å²) >= 11 is 1.47. The third-order valence-corrected chi connectivity index (χ3v) is 7.96. The molecule has 0 radical (unpaired) electrons. The van der Waals surface area contributed by atoms with Crippen molar-refractivity contribution in [1.82, 2.24) is 15.6 Å². The lowest BCUT2D eigenvalue weighted by molar-refractivity contribution is -0.141. The van der Waals surface area contributed by atoms with E-state index < -0.39 is 17.9 Å². The van der Waals surface area contributed by atoms with Crippen molar-refractivity contribution < 1.29 is 24.2 Å². The number of thiophene rings is 1. The fourth-order valence-corrected chi connectivity index (χ4v) is 5.61. The van der Waals surface area contributed by atoms with Crippen molar-refractivity contribution >= 4 is 45.0 Å².